The van der Waals surface area contributed by atoms with Crippen molar-refractivity contribution >= 4 is 34.2 Å². The summed E-state index contributed by atoms with van der Waals surface area (Å²) in [4.78, 5) is 0. The zero-order chi connectivity index (χ0) is 8.43. The molecule has 60 valence electrons. The van der Waals surface area contributed by atoms with E-state index in [9.17, 15) is 4.39 Å². The number of hydrogen-bond acceptors (Lipinski definition) is 1. The molecule has 0 heterocycles. The van der Waals surface area contributed by atoms with E-state index in [4.69, 9.17) is 16.3 Å². The summed E-state index contributed by atoms with van der Waals surface area (Å²) in [7, 11) is 1.39. The van der Waals surface area contributed by atoms with Crippen LogP contribution < -0.4 is 4.74 Å². The van der Waals surface area contributed by atoms with E-state index in [1.165, 1.54) is 13.2 Å². The van der Waals surface area contributed by atoms with Gasteiger partial charge in [-0.2, -0.15) is 0 Å². The predicted molar refractivity (Wildman–Crippen MR) is 50.7 cm³/mol. The van der Waals surface area contributed by atoms with Crippen molar-refractivity contribution in [3.63, 3.8) is 0 Å². The third-order valence-electron chi connectivity index (χ3n) is 1.17. The van der Waals surface area contributed by atoms with Crippen LogP contribution >= 0.6 is 34.2 Å². The Hall–Kier alpha value is -0.0300. The maximum atomic E-state index is 12.9. The van der Waals surface area contributed by atoms with E-state index >= 15 is 0 Å². The minimum atomic E-state index is -0.426. The van der Waals surface area contributed by atoms with E-state index in [2.05, 4.69) is 0 Å². The Labute approximate surface area is 82.6 Å². The van der Waals surface area contributed by atoms with Gasteiger partial charge in [0.1, 0.15) is 0 Å². The van der Waals surface area contributed by atoms with Crippen molar-refractivity contribution in [2.24, 2.45) is 0 Å². The average molecular weight is 286 g/mol. The maximum Gasteiger partial charge on any atom is 0.173 e. The molecule has 0 unspecified atom stereocenters. The molecule has 1 aromatic rings. The minimum absolute atomic E-state index is 0.104. The van der Waals surface area contributed by atoms with E-state index in [-0.39, 0.29) is 5.75 Å². The second kappa shape index (κ2) is 3.58. The fourth-order valence-corrected chi connectivity index (χ4v) is 1.78. The van der Waals surface area contributed by atoms with Gasteiger partial charge in [0, 0.05) is 3.57 Å². The van der Waals surface area contributed by atoms with Crippen LogP contribution in [0.4, 0.5) is 4.39 Å². The second-order valence-electron chi connectivity index (χ2n) is 1.90. The van der Waals surface area contributed by atoms with Gasteiger partial charge in [0.15, 0.2) is 11.6 Å². The van der Waals surface area contributed by atoms with Crippen LogP contribution in [0.15, 0.2) is 12.1 Å². The van der Waals surface area contributed by atoms with Gasteiger partial charge in [-0.3, -0.25) is 0 Å². The molecule has 0 aliphatic carbocycles. The first-order chi connectivity index (χ1) is 5.15. The second-order valence-corrected chi connectivity index (χ2v) is 3.56. The van der Waals surface area contributed by atoms with Crippen molar-refractivity contribution in [3.05, 3.63) is 26.5 Å². The minimum Gasteiger partial charge on any atom is -0.492 e. The lowest BCUT2D eigenvalue weighted by atomic mass is 10.3. The molecule has 4 heteroatoms. The lowest BCUT2D eigenvalue weighted by molar-refractivity contribution is 0.386. The SMILES string of the molecule is COc1c(F)cc(I)cc1Cl. The normalized spacial score (nSPS) is 9.82. The maximum absolute atomic E-state index is 12.9. The molecule has 0 saturated heterocycles. The van der Waals surface area contributed by atoms with Gasteiger partial charge in [-0.1, -0.05) is 11.6 Å². The van der Waals surface area contributed by atoms with E-state index in [1.54, 1.807) is 6.07 Å². The molecule has 1 nitrogen and oxygen atoms in total. The Kier molecular flexibility index (Phi) is 2.95. The third kappa shape index (κ3) is 1.96. The largest absolute Gasteiger partial charge is 0.492 e. The fourth-order valence-electron chi connectivity index (χ4n) is 0.724. The van der Waals surface area contributed by atoms with E-state index < -0.39 is 5.82 Å². The van der Waals surface area contributed by atoms with E-state index in [0.29, 0.717) is 5.02 Å². The van der Waals surface area contributed by atoms with Crippen LogP contribution in [0.1, 0.15) is 0 Å². The summed E-state index contributed by atoms with van der Waals surface area (Å²) in [5.74, 6) is -0.323. The molecular weight excluding hydrogens is 281 g/mol. The Bertz CT molecular complexity index is 254. The van der Waals surface area contributed by atoms with Gasteiger partial charge >= 0.3 is 0 Å². The summed E-state index contributed by atoms with van der Waals surface area (Å²) in [6.07, 6.45) is 0. The predicted octanol–water partition coefficient (Wildman–Crippen LogP) is 3.09. The van der Waals surface area contributed by atoms with Gasteiger partial charge in [-0.05, 0) is 34.7 Å². The summed E-state index contributed by atoms with van der Waals surface area (Å²) < 4.78 is 18.4. The highest BCUT2D eigenvalue weighted by atomic mass is 127. The van der Waals surface area contributed by atoms with E-state index in [0.717, 1.165) is 3.57 Å². The van der Waals surface area contributed by atoms with Gasteiger partial charge in [0.25, 0.3) is 0 Å². The van der Waals surface area contributed by atoms with Gasteiger partial charge in [0.2, 0.25) is 0 Å². The molecule has 1 aromatic carbocycles. The van der Waals surface area contributed by atoms with Crippen LogP contribution in [-0.2, 0) is 0 Å². The molecule has 0 N–H and O–H groups in total. The first-order valence-electron chi connectivity index (χ1n) is 2.83. The molecule has 0 saturated carbocycles. The lowest BCUT2D eigenvalue weighted by Crippen LogP contribution is -1.89. The number of halogens is 3. The number of ether oxygens (including phenoxy) is 1. The number of rotatable bonds is 1. The quantitative estimate of drug-likeness (QED) is 0.721. The van der Waals surface area contributed by atoms with Gasteiger partial charge in [0.05, 0.1) is 12.1 Å². The Morgan fingerprint density at radius 1 is 1.55 bits per heavy atom. The smallest absolute Gasteiger partial charge is 0.173 e. The van der Waals surface area contributed by atoms with Crippen molar-refractivity contribution in [1.82, 2.24) is 0 Å². The van der Waals surface area contributed by atoms with E-state index in [1.807, 2.05) is 22.6 Å². The van der Waals surface area contributed by atoms with Gasteiger partial charge < -0.3 is 4.74 Å². The fraction of sp³-hybridized carbons (Fsp3) is 0.143. The topological polar surface area (TPSA) is 9.23 Å². The molecular formula is C7H5ClFIO. The van der Waals surface area contributed by atoms with Crippen molar-refractivity contribution in [2.75, 3.05) is 7.11 Å². The number of hydrogen-bond donors (Lipinski definition) is 0. The Balaban J connectivity index is 3.25. The summed E-state index contributed by atoms with van der Waals surface area (Å²) in [5.41, 5.74) is 0. The molecule has 0 aliphatic rings. The standard InChI is InChI=1S/C7H5ClFIO/c1-11-7-5(8)2-4(10)3-6(7)9/h2-3H,1H3. The van der Waals surface area contributed by atoms with Crippen LogP contribution in [0.2, 0.25) is 5.02 Å². The summed E-state index contributed by atoms with van der Waals surface area (Å²) >= 11 is 7.65. The highest BCUT2D eigenvalue weighted by Gasteiger charge is 2.07. The van der Waals surface area contributed by atoms with Gasteiger partial charge in [-0.25, -0.2) is 4.39 Å². The Morgan fingerprint density at radius 2 is 2.18 bits per heavy atom. The molecule has 0 aliphatic heterocycles. The molecule has 0 bridgehead atoms. The first kappa shape index (κ1) is 9.06. The summed E-state index contributed by atoms with van der Waals surface area (Å²) in [6.45, 7) is 0. The molecule has 0 spiro atoms. The zero-order valence-electron chi connectivity index (χ0n) is 5.70. The molecule has 0 aromatic heterocycles. The third-order valence-corrected chi connectivity index (χ3v) is 2.07. The van der Waals surface area contributed by atoms with Crippen molar-refractivity contribution < 1.29 is 9.13 Å². The monoisotopic (exact) mass is 286 g/mol. The van der Waals surface area contributed by atoms with Crippen LogP contribution in [0.25, 0.3) is 0 Å². The van der Waals surface area contributed by atoms with Crippen LogP contribution in [0.5, 0.6) is 5.75 Å². The molecule has 11 heavy (non-hydrogen) atoms. The molecule has 0 amide bonds. The molecule has 0 atom stereocenters. The van der Waals surface area contributed by atoms with Crippen LogP contribution in [0.3, 0.4) is 0 Å². The summed E-state index contributed by atoms with van der Waals surface area (Å²) in [6, 6.07) is 3.01. The van der Waals surface area contributed by atoms with Crippen molar-refractivity contribution in [1.29, 1.82) is 0 Å². The van der Waals surface area contributed by atoms with Gasteiger partial charge in [-0.15, -0.1) is 0 Å². The lowest BCUT2D eigenvalue weighted by Gasteiger charge is -2.03. The highest BCUT2D eigenvalue weighted by Crippen LogP contribution is 2.29. The van der Waals surface area contributed by atoms with Crippen LogP contribution in [0, 0.1) is 9.39 Å². The van der Waals surface area contributed by atoms with Crippen LogP contribution in [-0.4, -0.2) is 7.11 Å². The molecule has 0 fully saturated rings. The average Bonchev–Trinajstić information content (AvgIpc) is 1.85. The Morgan fingerprint density at radius 3 is 2.64 bits per heavy atom. The summed E-state index contributed by atoms with van der Waals surface area (Å²) in [5, 5.41) is 0.303. The molecule has 1 rings (SSSR count). The molecule has 0 radical (unpaired) electrons. The highest BCUT2D eigenvalue weighted by molar-refractivity contribution is 14.1. The number of methoxy groups -OCH3 is 1. The van der Waals surface area contributed by atoms with Crippen molar-refractivity contribution in [2.45, 2.75) is 0 Å². The van der Waals surface area contributed by atoms with Crippen molar-refractivity contribution in [3.8, 4) is 5.75 Å². The number of benzene rings is 1. The first-order valence-corrected chi connectivity index (χ1v) is 4.29. The zero-order valence-corrected chi connectivity index (χ0v) is 8.61.